The van der Waals surface area contributed by atoms with Crippen LogP contribution in [0.1, 0.15) is 48.0 Å². The van der Waals surface area contributed by atoms with E-state index in [9.17, 15) is 4.79 Å². The Morgan fingerprint density at radius 3 is 2.32 bits per heavy atom. The van der Waals surface area contributed by atoms with E-state index in [1.807, 2.05) is 20.8 Å². The van der Waals surface area contributed by atoms with Crippen LogP contribution in [0.2, 0.25) is 0 Å². The Kier molecular flexibility index (Phi) is 5.65. The Morgan fingerprint density at radius 2 is 1.89 bits per heavy atom. The molecule has 1 rings (SSSR count). The number of alkyl carbamates (subject to hydrolysis) is 1. The van der Waals surface area contributed by atoms with E-state index < -0.39 is 5.60 Å². The molecule has 0 spiro atoms. The molecule has 0 aromatic heterocycles. The Hall–Kier alpha value is -0.770. The van der Waals surface area contributed by atoms with E-state index >= 15 is 0 Å². The standard InChI is InChI=1S/C15H30N2O2/c1-10(2)12(8-16-13-7-11(13)3)9-17-14(18)19-15(4,5)6/h10-13,16H,7-9H2,1-6H3,(H,17,18). The molecule has 1 amide bonds. The van der Waals surface area contributed by atoms with Crippen molar-refractivity contribution in [3.05, 3.63) is 0 Å². The SMILES string of the molecule is CC(C)C(CNC(=O)OC(C)(C)C)CNC1CC1C. The number of ether oxygens (including phenoxy) is 1. The van der Waals surface area contributed by atoms with Crippen molar-refractivity contribution in [2.24, 2.45) is 17.8 Å². The van der Waals surface area contributed by atoms with Gasteiger partial charge in [0.1, 0.15) is 5.60 Å². The Morgan fingerprint density at radius 1 is 1.32 bits per heavy atom. The van der Waals surface area contributed by atoms with Gasteiger partial charge < -0.3 is 15.4 Å². The second-order valence-corrected chi connectivity index (χ2v) is 7.11. The summed E-state index contributed by atoms with van der Waals surface area (Å²) in [5, 5.41) is 6.44. The predicted octanol–water partition coefficient (Wildman–Crippen LogP) is 2.78. The van der Waals surface area contributed by atoms with E-state index in [2.05, 4.69) is 31.4 Å². The molecule has 112 valence electrons. The maximum absolute atomic E-state index is 11.6. The van der Waals surface area contributed by atoms with Gasteiger partial charge in [-0.25, -0.2) is 4.79 Å². The second kappa shape index (κ2) is 6.60. The molecule has 0 heterocycles. The van der Waals surface area contributed by atoms with Crippen molar-refractivity contribution in [1.29, 1.82) is 0 Å². The van der Waals surface area contributed by atoms with Gasteiger partial charge in [0.2, 0.25) is 0 Å². The van der Waals surface area contributed by atoms with Crippen LogP contribution in [0.4, 0.5) is 4.79 Å². The lowest BCUT2D eigenvalue weighted by molar-refractivity contribution is 0.0515. The molecule has 0 aliphatic heterocycles. The summed E-state index contributed by atoms with van der Waals surface area (Å²) in [5.41, 5.74) is -0.431. The van der Waals surface area contributed by atoms with Gasteiger partial charge in [0, 0.05) is 19.1 Å². The summed E-state index contributed by atoms with van der Waals surface area (Å²) in [7, 11) is 0. The number of carbonyl (C=O) groups is 1. The number of rotatable bonds is 6. The molecule has 0 saturated heterocycles. The van der Waals surface area contributed by atoms with Crippen molar-refractivity contribution >= 4 is 6.09 Å². The minimum Gasteiger partial charge on any atom is -0.444 e. The lowest BCUT2D eigenvalue weighted by Crippen LogP contribution is -2.40. The van der Waals surface area contributed by atoms with Gasteiger partial charge in [-0.1, -0.05) is 20.8 Å². The van der Waals surface area contributed by atoms with Crippen molar-refractivity contribution in [3.63, 3.8) is 0 Å². The van der Waals surface area contributed by atoms with Crippen LogP contribution in [0.25, 0.3) is 0 Å². The first-order valence-electron chi connectivity index (χ1n) is 7.39. The zero-order chi connectivity index (χ0) is 14.6. The average molecular weight is 270 g/mol. The van der Waals surface area contributed by atoms with Crippen LogP contribution in [-0.2, 0) is 4.74 Å². The molecule has 1 saturated carbocycles. The normalized spacial score (nSPS) is 24.2. The van der Waals surface area contributed by atoms with E-state index in [4.69, 9.17) is 4.74 Å². The molecule has 0 aromatic carbocycles. The van der Waals surface area contributed by atoms with Crippen LogP contribution >= 0.6 is 0 Å². The van der Waals surface area contributed by atoms with Crippen LogP contribution in [0, 0.1) is 17.8 Å². The molecule has 0 bridgehead atoms. The molecule has 0 radical (unpaired) electrons. The number of hydrogen-bond acceptors (Lipinski definition) is 3. The molecule has 3 atom stereocenters. The summed E-state index contributed by atoms with van der Waals surface area (Å²) in [6.07, 6.45) is 0.961. The molecule has 4 heteroatoms. The van der Waals surface area contributed by atoms with Crippen molar-refractivity contribution in [1.82, 2.24) is 10.6 Å². The van der Waals surface area contributed by atoms with Crippen molar-refractivity contribution in [3.8, 4) is 0 Å². The summed E-state index contributed by atoms with van der Waals surface area (Å²) >= 11 is 0. The smallest absolute Gasteiger partial charge is 0.407 e. The second-order valence-electron chi connectivity index (χ2n) is 7.11. The summed E-state index contributed by atoms with van der Waals surface area (Å²) in [6, 6.07) is 0.683. The van der Waals surface area contributed by atoms with E-state index in [0.717, 1.165) is 12.5 Å². The molecule has 1 fully saturated rings. The van der Waals surface area contributed by atoms with Crippen LogP contribution in [-0.4, -0.2) is 30.8 Å². The number of nitrogens with one attached hydrogen (secondary N) is 2. The Bertz CT molecular complexity index is 297. The molecule has 19 heavy (non-hydrogen) atoms. The van der Waals surface area contributed by atoms with E-state index in [1.165, 1.54) is 6.42 Å². The first kappa shape index (κ1) is 16.3. The Labute approximate surface area is 117 Å². The molecule has 1 aliphatic carbocycles. The maximum Gasteiger partial charge on any atom is 0.407 e. The third-order valence-corrected chi connectivity index (χ3v) is 3.60. The molecule has 0 aromatic rings. The molecular formula is C15H30N2O2. The van der Waals surface area contributed by atoms with E-state index in [0.29, 0.717) is 24.4 Å². The topological polar surface area (TPSA) is 50.4 Å². The van der Waals surface area contributed by atoms with Crippen LogP contribution in [0.3, 0.4) is 0 Å². The highest BCUT2D eigenvalue weighted by Gasteiger charge is 2.32. The summed E-state index contributed by atoms with van der Waals surface area (Å²) in [4.78, 5) is 11.6. The molecule has 3 unspecified atom stereocenters. The Balaban J connectivity index is 2.26. The fraction of sp³-hybridized carbons (Fsp3) is 0.933. The fourth-order valence-electron chi connectivity index (χ4n) is 1.98. The summed E-state index contributed by atoms with van der Waals surface area (Å²) in [5.74, 6) is 1.79. The molecule has 2 N–H and O–H groups in total. The van der Waals surface area contributed by atoms with Crippen LogP contribution < -0.4 is 10.6 Å². The number of amides is 1. The van der Waals surface area contributed by atoms with Gasteiger partial charge in [-0.15, -0.1) is 0 Å². The third-order valence-electron chi connectivity index (χ3n) is 3.60. The van der Waals surface area contributed by atoms with Gasteiger partial charge in [0.05, 0.1) is 0 Å². The van der Waals surface area contributed by atoms with Crippen LogP contribution in [0.5, 0.6) is 0 Å². The number of hydrogen-bond donors (Lipinski definition) is 2. The lowest BCUT2D eigenvalue weighted by Gasteiger charge is -2.24. The zero-order valence-corrected chi connectivity index (χ0v) is 13.2. The molecule has 1 aliphatic rings. The van der Waals surface area contributed by atoms with Gasteiger partial charge >= 0.3 is 6.09 Å². The third kappa shape index (κ3) is 6.81. The summed E-state index contributed by atoms with van der Waals surface area (Å²) in [6.45, 7) is 13.9. The lowest BCUT2D eigenvalue weighted by atomic mass is 9.96. The minimum absolute atomic E-state index is 0.321. The minimum atomic E-state index is -0.431. The van der Waals surface area contributed by atoms with Gasteiger partial charge in [0.15, 0.2) is 0 Å². The first-order valence-corrected chi connectivity index (χ1v) is 7.39. The summed E-state index contributed by atoms with van der Waals surface area (Å²) < 4.78 is 5.25. The number of carbonyl (C=O) groups excluding carboxylic acids is 1. The van der Waals surface area contributed by atoms with E-state index in [-0.39, 0.29) is 6.09 Å². The molecular weight excluding hydrogens is 240 g/mol. The van der Waals surface area contributed by atoms with Crippen molar-refractivity contribution in [2.45, 2.75) is 59.6 Å². The zero-order valence-electron chi connectivity index (χ0n) is 13.2. The fourth-order valence-corrected chi connectivity index (χ4v) is 1.98. The average Bonchev–Trinajstić information content (AvgIpc) is 2.91. The quantitative estimate of drug-likeness (QED) is 0.780. The van der Waals surface area contributed by atoms with Crippen LogP contribution in [0.15, 0.2) is 0 Å². The van der Waals surface area contributed by atoms with Gasteiger partial charge in [-0.05, 0) is 44.9 Å². The predicted molar refractivity (Wildman–Crippen MR) is 78.1 cm³/mol. The maximum atomic E-state index is 11.6. The van der Waals surface area contributed by atoms with Crippen molar-refractivity contribution in [2.75, 3.05) is 13.1 Å². The highest BCUT2D eigenvalue weighted by Crippen LogP contribution is 2.29. The molecule has 4 nitrogen and oxygen atoms in total. The highest BCUT2D eigenvalue weighted by molar-refractivity contribution is 5.67. The van der Waals surface area contributed by atoms with Gasteiger partial charge in [-0.2, -0.15) is 0 Å². The highest BCUT2D eigenvalue weighted by atomic mass is 16.6. The van der Waals surface area contributed by atoms with Gasteiger partial charge in [0.25, 0.3) is 0 Å². The monoisotopic (exact) mass is 270 g/mol. The van der Waals surface area contributed by atoms with Crippen molar-refractivity contribution < 1.29 is 9.53 Å². The van der Waals surface area contributed by atoms with Gasteiger partial charge in [-0.3, -0.25) is 0 Å². The first-order chi connectivity index (χ1) is 8.69. The van der Waals surface area contributed by atoms with E-state index in [1.54, 1.807) is 0 Å². The largest absolute Gasteiger partial charge is 0.444 e.